The van der Waals surface area contributed by atoms with Crippen LogP contribution in [0.15, 0.2) is 86.0 Å². The van der Waals surface area contributed by atoms with Gasteiger partial charge in [0, 0.05) is 52.5 Å². The van der Waals surface area contributed by atoms with E-state index in [-0.39, 0.29) is 60.3 Å². The van der Waals surface area contributed by atoms with Gasteiger partial charge >= 0.3 is 24.1 Å². The lowest BCUT2D eigenvalue weighted by Gasteiger charge is -2.35. The maximum absolute atomic E-state index is 14.5. The van der Waals surface area contributed by atoms with E-state index in [4.69, 9.17) is 60.8 Å². The van der Waals surface area contributed by atoms with Gasteiger partial charge in [-0.25, -0.2) is 24.2 Å². The highest BCUT2D eigenvalue weighted by atomic mass is 79.9. The van der Waals surface area contributed by atoms with Crippen molar-refractivity contribution < 1.29 is 84.5 Å². The van der Waals surface area contributed by atoms with Crippen LogP contribution < -0.4 is 40.9 Å². The highest BCUT2D eigenvalue weighted by Crippen LogP contribution is 2.54. The fourth-order valence-electron chi connectivity index (χ4n) is 16.5. The molecule has 6 N–H and O–H groups in total. The molecule has 31 heteroatoms. The number of ether oxygens (including phenoxy) is 6. The number of halogens is 3. The Morgan fingerprint density at radius 3 is 1.57 bits per heavy atom. The number of carbonyl (C=O) groups is 8. The Morgan fingerprint density at radius 1 is 0.632 bits per heavy atom. The van der Waals surface area contributed by atoms with Gasteiger partial charge in [-0.15, -0.1) is 0 Å². The van der Waals surface area contributed by atoms with Crippen LogP contribution in [0.4, 0.5) is 9.59 Å². The smallest absolute Gasteiger partial charge is 0.408 e. The predicted octanol–water partition coefficient (Wildman–Crippen LogP) is 13.1. The molecule has 5 aromatic rings. The topological polar surface area (TPSA) is 356 Å². The number of hydrogen-bond donors (Lipinski definition) is 6. The molecule has 0 spiro atoms. The fraction of sp³-hybridized carbons (Fsp3) is 0.566. The van der Waals surface area contributed by atoms with Crippen molar-refractivity contribution in [1.29, 1.82) is 0 Å². The number of carboxylic acid groups (broad SMARTS) is 1. The van der Waals surface area contributed by atoms with Crippen LogP contribution >= 0.6 is 39.1 Å². The van der Waals surface area contributed by atoms with Crippen LogP contribution in [0.25, 0.3) is 34.0 Å². The molecule has 2 saturated heterocycles. The molecule has 8 fully saturated rings. The van der Waals surface area contributed by atoms with Crippen LogP contribution in [-0.4, -0.2) is 175 Å². The van der Waals surface area contributed by atoms with Crippen molar-refractivity contribution >= 4 is 131 Å². The van der Waals surface area contributed by atoms with Gasteiger partial charge in [-0.1, -0.05) is 119 Å². The maximum Gasteiger partial charge on any atom is 0.408 e. The number of allylic oxidation sites excluding steroid dienone is 2. The Hall–Kier alpha value is -8.51. The molecule has 2 unspecified atom stereocenters. The number of methoxy groups -OCH3 is 3. The minimum absolute atomic E-state index is 0.00910. The minimum atomic E-state index is -4.25. The number of rotatable bonds is 23. The van der Waals surface area contributed by atoms with Gasteiger partial charge in [0.15, 0.2) is 5.43 Å². The predicted molar refractivity (Wildman–Crippen MR) is 432 cm³/mol. The van der Waals surface area contributed by atoms with E-state index in [1.54, 1.807) is 76.4 Å². The lowest BCUT2D eigenvalue weighted by molar-refractivity contribution is -0.148. The summed E-state index contributed by atoms with van der Waals surface area (Å²) in [6.45, 7) is 22.2. The molecule has 618 valence electrons. The lowest BCUT2D eigenvalue weighted by atomic mass is 9.85. The number of H-pyrrole nitrogens is 1. The molecule has 0 bridgehead atoms. The van der Waals surface area contributed by atoms with Crippen molar-refractivity contribution in [2.45, 2.75) is 225 Å². The normalized spacial score (nSPS) is 26.6. The summed E-state index contributed by atoms with van der Waals surface area (Å²) in [5.41, 5.74) is 0.315. The first-order chi connectivity index (χ1) is 53.6. The molecule has 27 nitrogen and oxygen atoms in total. The highest BCUT2D eigenvalue weighted by molar-refractivity contribution is 9.10. The summed E-state index contributed by atoms with van der Waals surface area (Å²) in [7, 11) is 0.0682. The van der Waals surface area contributed by atoms with E-state index < -0.39 is 116 Å². The van der Waals surface area contributed by atoms with Gasteiger partial charge in [0.1, 0.15) is 80.9 Å². The summed E-state index contributed by atoms with van der Waals surface area (Å²) in [5, 5.41) is 23.2. The number of nitrogens with one attached hydrogen (secondary N) is 5. The Labute approximate surface area is 683 Å². The molecule has 8 aliphatic rings. The molecule has 2 aliphatic heterocycles. The fourth-order valence-corrected chi connectivity index (χ4v) is 18.5. The summed E-state index contributed by atoms with van der Waals surface area (Å²) in [6, 6.07) is 11.8. The van der Waals surface area contributed by atoms with Crippen molar-refractivity contribution in [3.8, 4) is 17.2 Å². The first kappa shape index (κ1) is 86.4. The molecule has 16 atom stereocenters. The van der Waals surface area contributed by atoms with E-state index in [1.807, 2.05) is 74.5 Å². The van der Waals surface area contributed by atoms with Gasteiger partial charge in [0.05, 0.1) is 55.6 Å². The number of aliphatic carboxylic acids is 1. The maximum atomic E-state index is 14.5. The van der Waals surface area contributed by atoms with E-state index in [0.717, 1.165) is 42.5 Å². The molecule has 6 saturated carbocycles. The molecule has 114 heavy (non-hydrogen) atoms. The number of aromatic amines is 1. The number of pyridine rings is 2. The molecule has 6 aliphatic carbocycles. The first-order valence-electron chi connectivity index (χ1n) is 38.9. The van der Waals surface area contributed by atoms with Crippen molar-refractivity contribution in [1.82, 2.24) is 41.0 Å². The van der Waals surface area contributed by atoms with E-state index in [9.17, 15) is 56.7 Å². The third-order valence-electron chi connectivity index (χ3n) is 23.0. The van der Waals surface area contributed by atoms with E-state index in [1.165, 1.54) is 49.0 Å². The average Bonchev–Trinajstić information content (AvgIpc) is 1.57. The van der Waals surface area contributed by atoms with E-state index in [2.05, 4.69) is 42.2 Å². The van der Waals surface area contributed by atoms with Crippen molar-refractivity contribution in [3.05, 3.63) is 108 Å². The average molecular weight is 1700 g/mol. The molecular weight excluding hydrogens is 1600 g/mol. The van der Waals surface area contributed by atoms with Gasteiger partial charge in [-0.2, -0.15) is 8.42 Å². The molecule has 0 radical (unpaired) electrons. The number of carbonyl (C=O) groups excluding carboxylic acids is 7. The van der Waals surface area contributed by atoms with Crippen LogP contribution in [0.1, 0.15) is 172 Å². The zero-order valence-corrected chi connectivity index (χ0v) is 71.0. The summed E-state index contributed by atoms with van der Waals surface area (Å²) < 4.78 is 66.1. The zero-order chi connectivity index (χ0) is 83.2. The number of carboxylic acids is 1. The SMILES string of the molecule is CC[C@@H]1C[C@]1(NC(=O)[C@@H]1C[C@@H](Oc2cc(C=C(C)C)nc3c(Cl)c(OC)ccc23)CN1C(=O)[C@@H](NC(=O)OC1C[C@@H]2C[C@@H]2C1)C(C)(C)C)C(=O)O.CC[C@@H]1C[C@]1(NC(=O)[C@@H]1C[C@H](OS(=O)(=O)c2ccc(Br)cc2)CN1C(=O)[C@@H](NC(=O)OC1C[C@@H]2C[C@@H]2C1)C(C)(C)C)C(=O)OC.COc1ccc2c(=O)cc(C=C(C)C)[nH]c2c1Cl. The summed E-state index contributed by atoms with van der Waals surface area (Å²) in [4.78, 5) is 130. The van der Waals surface area contributed by atoms with Gasteiger partial charge in [-0.3, -0.25) is 28.2 Å². The Morgan fingerprint density at radius 2 is 1.11 bits per heavy atom. The Kier molecular flexibility index (Phi) is 26.0. The molecule has 13 rings (SSSR count). The molecule has 3 aromatic carbocycles. The Balaban J connectivity index is 0.000000186. The van der Waals surface area contributed by atoms with Gasteiger partial charge in [0.2, 0.25) is 23.6 Å². The van der Waals surface area contributed by atoms with Crippen molar-refractivity contribution in [3.63, 3.8) is 0 Å². The number of aromatic nitrogens is 2. The molecular formula is C83H105BrCl2N8O19S. The monoisotopic (exact) mass is 1700 g/mol. The number of esters is 1. The number of likely N-dealkylation sites (tertiary alicyclic amines) is 2. The van der Waals surface area contributed by atoms with Crippen LogP contribution in [0.2, 0.25) is 10.0 Å². The van der Waals surface area contributed by atoms with E-state index in [0.29, 0.717) is 109 Å². The number of nitrogens with zero attached hydrogens (tertiary/aromatic N) is 3. The number of fused-ring (bicyclic) bond motifs is 4. The number of hydrogen-bond acceptors (Lipinski definition) is 19. The van der Waals surface area contributed by atoms with Gasteiger partial charge in [-0.05, 0) is 186 Å². The third-order valence-corrected chi connectivity index (χ3v) is 25.6. The van der Waals surface area contributed by atoms with Gasteiger partial charge < -0.3 is 69.6 Å². The first-order valence-corrected chi connectivity index (χ1v) is 41.8. The van der Waals surface area contributed by atoms with Gasteiger partial charge in [0.25, 0.3) is 10.1 Å². The second-order valence-corrected chi connectivity index (χ2v) is 37.4. The summed E-state index contributed by atoms with van der Waals surface area (Å²) >= 11 is 16.2. The largest absolute Gasteiger partial charge is 0.495 e. The standard InChI is InChI=1S/C38H49ClN4O8.C31H42BrN3O9S.C14H14ClNO2/c1-8-22-17-38(22,35(46)47)42-33(44)27-16-25(50-29-15-23(11-19(2)3)40-31-26(29)9-10-28(49-7)30(31)39)18-43(27)34(45)32(37(4,5)6)41-36(48)51-24-13-20-12-21(20)14-24;1-6-19-15-31(19,28(38)42-5)34-26(36)24-14-22(44-45(40,41)23-9-7-20(32)8-10-23)16-35(24)27(37)25(30(2,3)4)33-29(39)43-21-12-17-11-18(17)13-21;1-8(2)6-9-7-11(17)10-4-5-12(18-3)13(15)14(10)16-9/h9-11,15,20-22,24-25,27,32H,8,12-14,16-18H2,1-7H3,(H,41,48)(H,42,44)(H,46,47);7-10,17-19,21-22,24-25H,6,11-16H2,1-5H3,(H,33,39)(H,34,36);4-7H,1-3H3,(H,16,17)/t20-,21+,22-,24?,25-,27+,32-,38-;17-,18+,19-,21?,22+,24+,25-,31-;/m11./s1. The Bertz CT molecular complexity index is 4790. The van der Waals surface area contributed by atoms with Crippen LogP contribution in [0.3, 0.4) is 0 Å². The molecule has 4 heterocycles. The molecule has 6 amide bonds. The summed E-state index contributed by atoms with van der Waals surface area (Å²) in [5.74, 6) is -0.411. The third kappa shape index (κ3) is 19.4. The number of amides is 6. The number of alkyl carbamates (subject to hydrolysis) is 2. The van der Waals surface area contributed by atoms with Crippen molar-refractivity contribution in [2.75, 3.05) is 34.4 Å². The lowest BCUT2D eigenvalue weighted by Crippen LogP contribution is -2.59. The second-order valence-electron chi connectivity index (χ2n) is 34.1. The summed E-state index contributed by atoms with van der Waals surface area (Å²) in [6.07, 6.45) is 7.79. The number of benzene rings is 3. The minimum Gasteiger partial charge on any atom is -0.495 e. The van der Waals surface area contributed by atoms with Crippen LogP contribution in [-0.2, 0) is 57.3 Å². The van der Waals surface area contributed by atoms with E-state index >= 15 is 0 Å². The van der Waals surface area contributed by atoms with Crippen LogP contribution in [0, 0.1) is 46.3 Å². The van der Waals surface area contributed by atoms with Crippen LogP contribution in [0.5, 0.6) is 17.2 Å². The second kappa shape index (κ2) is 34.4. The van der Waals surface area contributed by atoms with Crippen molar-refractivity contribution in [2.24, 2.45) is 46.3 Å². The zero-order valence-electron chi connectivity index (χ0n) is 67.1. The highest BCUT2D eigenvalue weighted by Gasteiger charge is 2.64. The quantitative estimate of drug-likeness (QED) is 0.0201. The molecule has 2 aromatic heterocycles.